The Morgan fingerprint density at radius 3 is 3.00 bits per heavy atom. The van der Waals surface area contributed by atoms with E-state index in [-0.39, 0.29) is 12.5 Å². The van der Waals surface area contributed by atoms with Crippen LogP contribution in [0.5, 0.6) is 0 Å². The number of aliphatic hydroxyl groups excluding tert-OH is 2. The third kappa shape index (κ3) is 2.71. The zero-order valence-electron chi connectivity index (χ0n) is 9.14. The highest BCUT2D eigenvalue weighted by Crippen LogP contribution is 2.34. The van der Waals surface area contributed by atoms with Crippen molar-refractivity contribution in [3.8, 4) is 0 Å². The maximum Gasteiger partial charge on any atom is 0.228 e. The van der Waals surface area contributed by atoms with Crippen molar-refractivity contribution in [2.75, 3.05) is 23.4 Å². The van der Waals surface area contributed by atoms with Gasteiger partial charge in [0.1, 0.15) is 0 Å². The van der Waals surface area contributed by atoms with E-state index in [1.165, 1.54) is 11.8 Å². The fourth-order valence-corrected chi connectivity index (χ4v) is 2.54. The molecule has 2 rings (SSSR count). The lowest BCUT2D eigenvalue weighted by molar-refractivity contribution is -0.115. The van der Waals surface area contributed by atoms with Crippen molar-refractivity contribution in [1.29, 1.82) is 0 Å². The molecule has 0 fully saturated rings. The van der Waals surface area contributed by atoms with Crippen LogP contribution < -0.4 is 11.1 Å². The Hall–Kier alpha value is -1.24. The lowest BCUT2D eigenvalue weighted by Crippen LogP contribution is -2.14. The van der Waals surface area contributed by atoms with E-state index in [9.17, 15) is 9.90 Å². The van der Waals surface area contributed by atoms with Crippen molar-refractivity contribution in [3.05, 3.63) is 17.7 Å². The molecule has 0 aliphatic carbocycles. The Labute approximate surface area is 103 Å². The second-order valence-electron chi connectivity index (χ2n) is 3.92. The molecule has 1 aromatic rings. The number of aliphatic hydroxyl groups is 2. The fraction of sp³-hybridized carbons (Fsp3) is 0.364. The highest BCUT2D eigenvalue weighted by molar-refractivity contribution is 7.99. The number of nitrogens with two attached hydrogens (primary N) is 1. The van der Waals surface area contributed by atoms with Crippen LogP contribution in [0.2, 0.25) is 0 Å². The average Bonchev–Trinajstić information content (AvgIpc) is 2.64. The summed E-state index contributed by atoms with van der Waals surface area (Å²) in [5, 5.41) is 20.7. The van der Waals surface area contributed by atoms with Crippen molar-refractivity contribution in [1.82, 2.24) is 0 Å². The fourth-order valence-electron chi connectivity index (χ4n) is 1.64. The smallest absolute Gasteiger partial charge is 0.228 e. The summed E-state index contributed by atoms with van der Waals surface area (Å²) in [6.07, 6.45) is -0.397. The molecule has 1 aromatic carbocycles. The minimum Gasteiger partial charge on any atom is -0.398 e. The number of rotatable bonds is 4. The van der Waals surface area contributed by atoms with Gasteiger partial charge in [-0.3, -0.25) is 4.79 Å². The first-order valence-electron chi connectivity index (χ1n) is 5.24. The number of fused-ring (bicyclic) bond motifs is 1. The van der Waals surface area contributed by atoms with Crippen molar-refractivity contribution in [3.63, 3.8) is 0 Å². The minimum absolute atomic E-state index is 0.0306. The highest BCUT2D eigenvalue weighted by Gasteiger charge is 2.19. The SMILES string of the molecule is Nc1cc2c(cc1SCC(O)CO)NC(=O)C2. The lowest BCUT2D eigenvalue weighted by atomic mass is 10.1. The van der Waals surface area contributed by atoms with Crippen LogP contribution in [0.3, 0.4) is 0 Å². The molecule has 1 amide bonds. The Balaban J connectivity index is 2.14. The number of nitrogen functional groups attached to an aromatic ring is 1. The Morgan fingerprint density at radius 1 is 1.53 bits per heavy atom. The van der Waals surface area contributed by atoms with Gasteiger partial charge in [0, 0.05) is 22.0 Å². The molecule has 1 atom stereocenters. The van der Waals surface area contributed by atoms with E-state index in [1.807, 2.05) is 6.07 Å². The topological polar surface area (TPSA) is 95.6 Å². The summed E-state index contributed by atoms with van der Waals surface area (Å²) in [4.78, 5) is 12.0. The lowest BCUT2D eigenvalue weighted by Gasteiger charge is -2.10. The molecule has 1 aliphatic rings. The van der Waals surface area contributed by atoms with Gasteiger partial charge in [-0.2, -0.15) is 0 Å². The summed E-state index contributed by atoms with van der Waals surface area (Å²) >= 11 is 1.36. The maximum atomic E-state index is 11.2. The second-order valence-corrected chi connectivity index (χ2v) is 4.98. The van der Waals surface area contributed by atoms with Crippen molar-refractivity contribution >= 4 is 29.0 Å². The first-order valence-corrected chi connectivity index (χ1v) is 6.22. The Bertz CT molecular complexity index is 451. The second kappa shape index (κ2) is 4.95. The number of amides is 1. The van der Waals surface area contributed by atoms with E-state index in [0.29, 0.717) is 17.9 Å². The van der Waals surface area contributed by atoms with Crippen LogP contribution >= 0.6 is 11.8 Å². The average molecular weight is 254 g/mol. The van der Waals surface area contributed by atoms with E-state index >= 15 is 0 Å². The summed E-state index contributed by atoms with van der Waals surface area (Å²) in [5.74, 6) is 0.338. The summed E-state index contributed by atoms with van der Waals surface area (Å²) < 4.78 is 0. The van der Waals surface area contributed by atoms with Crippen molar-refractivity contribution < 1.29 is 15.0 Å². The first-order chi connectivity index (χ1) is 8.10. The molecule has 6 heteroatoms. The number of benzene rings is 1. The Kier molecular flexibility index (Phi) is 3.56. The predicted octanol–water partition coefficient (Wildman–Crippen LogP) is 0.209. The predicted molar refractivity (Wildman–Crippen MR) is 67.0 cm³/mol. The van der Waals surface area contributed by atoms with E-state index in [1.54, 1.807) is 6.07 Å². The van der Waals surface area contributed by atoms with Crippen LogP contribution in [0.25, 0.3) is 0 Å². The summed E-state index contributed by atoms with van der Waals surface area (Å²) in [7, 11) is 0. The molecule has 5 N–H and O–H groups in total. The molecule has 1 unspecified atom stereocenters. The quantitative estimate of drug-likeness (QED) is 0.455. The number of hydrogen-bond acceptors (Lipinski definition) is 5. The maximum absolute atomic E-state index is 11.2. The molecule has 5 nitrogen and oxygen atoms in total. The standard InChI is InChI=1S/C11H14N2O3S/c12-8-1-6-2-11(16)13-9(6)3-10(8)17-5-7(15)4-14/h1,3,7,14-15H,2,4-5,12H2,(H,13,16). The normalized spacial score (nSPS) is 15.5. The van der Waals surface area contributed by atoms with Gasteiger partial charge in [-0.05, 0) is 17.7 Å². The summed E-state index contributed by atoms with van der Waals surface area (Å²) in [6, 6.07) is 3.59. The largest absolute Gasteiger partial charge is 0.398 e. The van der Waals surface area contributed by atoms with Gasteiger partial charge in [-0.15, -0.1) is 11.8 Å². The molecule has 0 bridgehead atoms. The number of nitrogens with one attached hydrogen (secondary N) is 1. The molecule has 1 aliphatic heterocycles. The van der Waals surface area contributed by atoms with E-state index in [0.717, 1.165) is 16.1 Å². The zero-order chi connectivity index (χ0) is 12.4. The van der Waals surface area contributed by atoms with Crippen molar-refractivity contribution in [2.24, 2.45) is 0 Å². The molecule has 0 radical (unpaired) electrons. The number of carbonyl (C=O) groups excluding carboxylic acids is 1. The number of anilines is 2. The molecule has 0 saturated heterocycles. The summed E-state index contributed by atoms with van der Waals surface area (Å²) in [5.41, 5.74) is 8.14. The van der Waals surface area contributed by atoms with Gasteiger partial charge >= 0.3 is 0 Å². The summed E-state index contributed by atoms with van der Waals surface area (Å²) in [6.45, 7) is -0.269. The molecule has 92 valence electrons. The van der Waals surface area contributed by atoms with Crippen LogP contribution in [-0.4, -0.2) is 34.6 Å². The highest BCUT2D eigenvalue weighted by atomic mass is 32.2. The van der Waals surface area contributed by atoms with E-state index in [4.69, 9.17) is 10.8 Å². The molecule has 0 spiro atoms. The van der Waals surface area contributed by atoms with Crippen LogP contribution in [0.1, 0.15) is 5.56 Å². The molecular formula is C11H14N2O3S. The van der Waals surface area contributed by atoms with Crippen LogP contribution in [0.4, 0.5) is 11.4 Å². The molecule has 0 saturated carbocycles. The molecular weight excluding hydrogens is 240 g/mol. The van der Waals surface area contributed by atoms with E-state index in [2.05, 4.69) is 5.32 Å². The Morgan fingerprint density at radius 2 is 2.29 bits per heavy atom. The number of hydrogen-bond donors (Lipinski definition) is 4. The van der Waals surface area contributed by atoms with E-state index < -0.39 is 6.10 Å². The van der Waals surface area contributed by atoms with Gasteiger partial charge in [0.25, 0.3) is 0 Å². The molecule has 1 heterocycles. The van der Waals surface area contributed by atoms with Gasteiger partial charge in [0.05, 0.1) is 19.1 Å². The van der Waals surface area contributed by atoms with Crippen molar-refractivity contribution in [2.45, 2.75) is 17.4 Å². The number of thioether (sulfide) groups is 1. The van der Waals surface area contributed by atoms with Gasteiger partial charge in [-0.25, -0.2) is 0 Å². The minimum atomic E-state index is -0.762. The van der Waals surface area contributed by atoms with Gasteiger partial charge < -0.3 is 21.3 Å². The molecule has 17 heavy (non-hydrogen) atoms. The van der Waals surface area contributed by atoms with Gasteiger partial charge in [0.15, 0.2) is 0 Å². The number of carbonyl (C=O) groups is 1. The van der Waals surface area contributed by atoms with Crippen LogP contribution in [0, 0.1) is 0 Å². The van der Waals surface area contributed by atoms with Gasteiger partial charge in [-0.1, -0.05) is 0 Å². The van der Waals surface area contributed by atoms with Gasteiger partial charge in [0.2, 0.25) is 5.91 Å². The third-order valence-electron chi connectivity index (χ3n) is 2.50. The first kappa shape index (κ1) is 12.2. The van der Waals surface area contributed by atoms with Crippen LogP contribution in [0.15, 0.2) is 17.0 Å². The monoisotopic (exact) mass is 254 g/mol. The zero-order valence-corrected chi connectivity index (χ0v) is 9.96. The molecule has 0 aromatic heterocycles. The van der Waals surface area contributed by atoms with Crippen LogP contribution in [-0.2, 0) is 11.2 Å². The third-order valence-corrected chi connectivity index (χ3v) is 3.72.